The van der Waals surface area contributed by atoms with Crippen LogP contribution < -0.4 is 10.9 Å². The van der Waals surface area contributed by atoms with Crippen molar-refractivity contribution in [3.8, 4) is 0 Å². The monoisotopic (exact) mass is 383 g/mol. The molecule has 1 aromatic carbocycles. The molecule has 7 heteroatoms. The van der Waals surface area contributed by atoms with Gasteiger partial charge in [-0.15, -0.1) is 0 Å². The van der Waals surface area contributed by atoms with Gasteiger partial charge in [0.15, 0.2) is 0 Å². The first-order chi connectivity index (χ1) is 10.6. The number of amides is 2. The predicted octanol–water partition coefficient (Wildman–Crippen LogP) is 3.21. The summed E-state index contributed by atoms with van der Waals surface area (Å²) in [6.07, 6.45) is 0.0185. The molecule has 1 aliphatic rings. The number of hydrogen-bond donors (Lipinski definition) is 2. The van der Waals surface area contributed by atoms with Crippen molar-refractivity contribution >= 4 is 33.6 Å². The van der Waals surface area contributed by atoms with Gasteiger partial charge in [-0.3, -0.25) is 9.69 Å². The molecule has 0 aliphatic carbocycles. The fourth-order valence-corrected chi connectivity index (χ4v) is 3.58. The van der Waals surface area contributed by atoms with Crippen LogP contribution in [0.5, 0.6) is 0 Å². The summed E-state index contributed by atoms with van der Waals surface area (Å²) in [5, 5.41) is 10.6. The van der Waals surface area contributed by atoms with Crippen LogP contribution in [0.4, 0.5) is 10.5 Å². The molecule has 23 heavy (non-hydrogen) atoms. The molecular weight excluding hydrogens is 362 g/mol. The fraction of sp³-hybridized carbons (Fsp3) is 0.500. The minimum atomic E-state index is -1.17. The van der Waals surface area contributed by atoms with Gasteiger partial charge in [-0.25, -0.2) is 15.6 Å². The van der Waals surface area contributed by atoms with E-state index >= 15 is 0 Å². The Bertz CT molecular complexity index is 612. The van der Waals surface area contributed by atoms with Crippen LogP contribution in [0.2, 0.25) is 0 Å². The Morgan fingerprint density at radius 2 is 1.87 bits per heavy atom. The van der Waals surface area contributed by atoms with Gasteiger partial charge in [-0.1, -0.05) is 36.7 Å². The van der Waals surface area contributed by atoms with E-state index in [-0.39, 0.29) is 0 Å². The molecule has 1 saturated heterocycles. The Hall–Kier alpha value is -1.60. The van der Waals surface area contributed by atoms with Gasteiger partial charge in [0.1, 0.15) is 5.54 Å². The van der Waals surface area contributed by atoms with Crippen molar-refractivity contribution in [1.29, 1.82) is 0 Å². The summed E-state index contributed by atoms with van der Waals surface area (Å²) in [5.74, 6) is 5.67. The van der Waals surface area contributed by atoms with Crippen molar-refractivity contribution in [1.82, 2.24) is 4.90 Å². The first-order valence-corrected chi connectivity index (χ1v) is 8.26. The van der Waals surface area contributed by atoms with Crippen LogP contribution >= 0.6 is 15.9 Å². The van der Waals surface area contributed by atoms with Crippen molar-refractivity contribution in [3.05, 3.63) is 28.7 Å². The third-order valence-electron chi connectivity index (χ3n) is 4.53. The van der Waals surface area contributed by atoms with E-state index in [2.05, 4.69) is 15.9 Å². The number of carbonyl (C=O) groups excluding carboxylic acids is 1. The van der Waals surface area contributed by atoms with Gasteiger partial charge in [0.2, 0.25) is 0 Å². The maximum Gasteiger partial charge on any atom is 0.408 e. The molecule has 126 valence electrons. The zero-order chi connectivity index (χ0) is 17.4. The van der Waals surface area contributed by atoms with E-state index in [9.17, 15) is 14.7 Å². The maximum atomic E-state index is 13.2. The van der Waals surface area contributed by atoms with Crippen molar-refractivity contribution in [2.75, 3.05) is 11.6 Å². The molecule has 1 aromatic rings. The molecule has 1 atom stereocenters. The Labute approximate surface area is 144 Å². The van der Waals surface area contributed by atoms with Gasteiger partial charge in [-0.05, 0) is 42.5 Å². The molecule has 0 saturated carbocycles. The molecule has 0 aromatic heterocycles. The highest BCUT2D eigenvalue weighted by Gasteiger charge is 2.58. The summed E-state index contributed by atoms with van der Waals surface area (Å²) in [6, 6.07) is 7.02. The van der Waals surface area contributed by atoms with E-state index < -0.39 is 23.0 Å². The topological polar surface area (TPSA) is 86.9 Å². The number of nitrogens with two attached hydrogens (primary N) is 1. The second kappa shape index (κ2) is 6.13. The van der Waals surface area contributed by atoms with E-state index in [1.54, 1.807) is 24.3 Å². The van der Waals surface area contributed by atoms with E-state index in [1.807, 2.05) is 20.8 Å². The Balaban J connectivity index is 2.46. The highest BCUT2D eigenvalue weighted by molar-refractivity contribution is 9.10. The highest BCUT2D eigenvalue weighted by Crippen LogP contribution is 2.45. The van der Waals surface area contributed by atoms with Crippen LogP contribution in [0, 0.1) is 5.41 Å². The second-order valence-electron chi connectivity index (χ2n) is 6.80. The number of hydrogen-bond acceptors (Lipinski definition) is 3. The van der Waals surface area contributed by atoms with Gasteiger partial charge in [-0.2, -0.15) is 0 Å². The lowest BCUT2D eigenvalue weighted by Crippen LogP contribution is -2.66. The number of carboxylic acid groups (broad SMARTS) is 1. The van der Waals surface area contributed by atoms with Gasteiger partial charge >= 0.3 is 6.09 Å². The second-order valence-corrected chi connectivity index (χ2v) is 7.72. The SMILES string of the molecule is CC(C)(C)C1(C(=O)N(N)c2ccc(Br)cc2)CCCN1C(=O)O. The first kappa shape index (κ1) is 17.7. The summed E-state index contributed by atoms with van der Waals surface area (Å²) in [4.78, 5) is 26.1. The van der Waals surface area contributed by atoms with Crippen molar-refractivity contribution in [2.45, 2.75) is 39.2 Å². The average Bonchev–Trinajstić information content (AvgIpc) is 2.92. The van der Waals surface area contributed by atoms with Gasteiger partial charge < -0.3 is 5.11 Å². The lowest BCUT2D eigenvalue weighted by Gasteiger charge is -2.46. The largest absolute Gasteiger partial charge is 0.465 e. The zero-order valence-electron chi connectivity index (χ0n) is 13.5. The molecule has 2 rings (SSSR count). The fourth-order valence-electron chi connectivity index (χ4n) is 3.32. The summed E-state index contributed by atoms with van der Waals surface area (Å²) in [5.41, 5.74) is -1.22. The minimum Gasteiger partial charge on any atom is -0.465 e. The molecule has 0 spiro atoms. The van der Waals surface area contributed by atoms with E-state index in [1.165, 1.54) is 4.90 Å². The van der Waals surface area contributed by atoms with E-state index in [0.717, 1.165) is 9.48 Å². The van der Waals surface area contributed by atoms with Gasteiger partial charge in [0, 0.05) is 11.0 Å². The van der Waals surface area contributed by atoms with Crippen LogP contribution in [-0.4, -0.2) is 34.1 Å². The number of halogens is 1. The van der Waals surface area contributed by atoms with Gasteiger partial charge in [0.25, 0.3) is 5.91 Å². The Kier molecular flexibility index (Phi) is 4.73. The summed E-state index contributed by atoms with van der Waals surface area (Å²) in [6.45, 7) is 5.97. The normalized spacial score (nSPS) is 21.3. The number of carbonyl (C=O) groups is 2. The molecule has 0 bridgehead atoms. The Morgan fingerprint density at radius 3 is 2.35 bits per heavy atom. The van der Waals surface area contributed by atoms with Gasteiger partial charge in [0.05, 0.1) is 5.69 Å². The summed E-state index contributed by atoms with van der Waals surface area (Å²) >= 11 is 3.34. The third kappa shape index (κ3) is 2.95. The van der Waals surface area contributed by atoms with E-state index in [0.29, 0.717) is 25.1 Å². The number of anilines is 1. The molecule has 3 N–H and O–H groups in total. The first-order valence-electron chi connectivity index (χ1n) is 7.46. The molecule has 1 fully saturated rings. The highest BCUT2D eigenvalue weighted by atomic mass is 79.9. The predicted molar refractivity (Wildman–Crippen MR) is 92.0 cm³/mol. The van der Waals surface area contributed by atoms with Crippen LogP contribution in [0.15, 0.2) is 28.7 Å². The van der Waals surface area contributed by atoms with Crippen LogP contribution in [-0.2, 0) is 4.79 Å². The molecule has 2 amide bonds. The lowest BCUT2D eigenvalue weighted by atomic mass is 9.71. The number of hydrazine groups is 1. The van der Waals surface area contributed by atoms with Crippen molar-refractivity contribution in [3.63, 3.8) is 0 Å². The standard InChI is InChI=1S/C16H22BrN3O3/c1-15(2,3)16(9-4-10-19(16)14(22)23)13(21)20(18)12-7-5-11(17)6-8-12/h5-8H,4,9-10,18H2,1-3H3,(H,22,23). The average molecular weight is 384 g/mol. The molecule has 6 nitrogen and oxygen atoms in total. The van der Waals surface area contributed by atoms with Crippen LogP contribution in [0.3, 0.4) is 0 Å². The number of rotatable bonds is 2. The Morgan fingerprint density at radius 1 is 1.30 bits per heavy atom. The third-order valence-corrected chi connectivity index (χ3v) is 5.06. The molecule has 1 aliphatic heterocycles. The minimum absolute atomic E-state index is 0.340. The van der Waals surface area contributed by atoms with Crippen LogP contribution in [0.1, 0.15) is 33.6 Å². The van der Waals surface area contributed by atoms with E-state index in [4.69, 9.17) is 5.84 Å². The number of nitrogens with zero attached hydrogens (tertiary/aromatic N) is 2. The quantitative estimate of drug-likeness (QED) is 0.466. The molecule has 1 unspecified atom stereocenters. The summed E-state index contributed by atoms with van der Waals surface area (Å²) < 4.78 is 0.876. The molecule has 1 heterocycles. The smallest absolute Gasteiger partial charge is 0.408 e. The maximum absolute atomic E-state index is 13.2. The molecular formula is C16H22BrN3O3. The lowest BCUT2D eigenvalue weighted by molar-refractivity contribution is -0.134. The van der Waals surface area contributed by atoms with Crippen LogP contribution in [0.25, 0.3) is 0 Å². The molecule has 0 radical (unpaired) electrons. The summed E-state index contributed by atoms with van der Waals surface area (Å²) in [7, 11) is 0. The zero-order valence-corrected chi connectivity index (χ0v) is 15.1. The van der Waals surface area contributed by atoms with Crippen molar-refractivity contribution < 1.29 is 14.7 Å². The number of benzene rings is 1. The van der Waals surface area contributed by atoms with Crippen molar-refractivity contribution in [2.24, 2.45) is 11.3 Å². The number of likely N-dealkylation sites (tertiary alicyclic amines) is 1.